The Morgan fingerprint density at radius 1 is 1.24 bits per heavy atom. The summed E-state index contributed by atoms with van der Waals surface area (Å²) in [7, 11) is 0. The molecule has 1 aliphatic heterocycles. The molecule has 0 bridgehead atoms. The fourth-order valence-electron chi connectivity index (χ4n) is 2.76. The van der Waals surface area contributed by atoms with E-state index in [1.165, 1.54) is 0 Å². The van der Waals surface area contributed by atoms with Gasteiger partial charge in [-0.2, -0.15) is 0 Å². The monoisotopic (exact) mass is 293 g/mol. The average molecular weight is 293 g/mol. The summed E-state index contributed by atoms with van der Waals surface area (Å²) in [6.07, 6.45) is 1.66. The Labute approximate surface area is 120 Å². The highest BCUT2D eigenvalue weighted by Gasteiger charge is 2.34. The fourth-order valence-corrected chi connectivity index (χ4v) is 2.76. The van der Waals surface area contributed by atoms with Gasteiger partial charge in [-0.15, -0.1) is 0 Å². The largest absolute Gasteiger partial charge is 0.329 e. The number of benzene rings is 1. The van der Waals surface area contributed by atoms with E-state index in [0.29, 0.717) is 12.1 Å². The topological polar surface area (TPSA) is 42.1 Å². The first kappa shape index (κ1) is 14.0. The van der Waals surface area contributed by atoms with Gasteiger partial charge in [0.05, 0.1) is 5.69 Å². The second kappa shape index (κ2) is 5.46. The van der Waals surface area contributed by atoms with E-state index in [1.807, 2.05) is 17.0 Å². The minimum Gasteiger partial charge on any atom is -0.329 e. The lowest BCUT2D eigenvalue weighted by Crippen LogP contribution is -2.27. The van der Waals surface area contributed by atoms with E-state index in [-0.39, 0.29) is 24.7 Å². The van der Waals surface area contributed by atoms with E-state index < -0.39 is 17.5 Å². The first-order valence-corrected chi connectivity index (χ1v) is 6.62. The van der Waals surface area contributed by atoms with E-state index >= 15 is 0 Å². The molecule has 3 rings (SSSR count). The van der Waals surface area contributed by atoms with Gasteiger partial charge >= 0.3 is 0 Å². The highest BCUT2D eigenvalue weighted by atomic mass is 19.2. The number of fused-ring (bicyclic) bond motifs is 1. The predicted molar refractivity (Wildman–Crippen MR) is 71.6 cm³/mol. The lowest BCUT2D eigenvalue weighted by molar-refractivity contribution is 0.207. The Hall–Kier alpha value is -1.92. The van der Waals surface area contributed by atoms with Gasteiger partial charge in [0, 0.05) is 37.4 Å². The van der Waals surface area contributed by atoms with Crippen LogP contribution < -0.4 is 5.73 Å². The lowest BCUT2D eigenvalue weighted by atomic mass is 10.0. The Bertz CT molecular complexity index is 661. The van der Waals surface area contributed by atoms with E-state index in [1.54, 1.807) is 12.3 Å². The van der Waals surface area contributed by atoms with E-state index in [0.717, 1.165) is 11.8 Å². The van der Waals surface area contributed by atoms with Crippen LogP contribution in [0.25, 0.3) is 0 Å². The maximum Gasteiger partial charge on any atom is 0.194 e. The van der Waals surface area contributed by atoms with Gasteiger partial charge in [0.1, 0.15) is 0 Å². The molecule has 0 fully saturated rings. The molecule has 0 radical (unpaired) electrons. The minimum absolute atomic E-state index is 0.181. The molecule has 3 nitrogen and oxygen atoms in total. The molecule has 0 saturated carbocycles. The van der Waals surface area contributed by atoms with Crippen molar-refractivity contribution >= 4 is 0 Å². The summed E-state index contributed by atoms with van der Waals surface area (Å²) in [6, 6.07) is 6.19. The summed E-state index contributed by atoms with van der Waals surface area (Å²) in [5.41, 5.74) is 7.13. The molecule has 1 aliphatic rings. The van der Waals surface area contributed by atoms with E-state index in [4.69, 9.17) is 5.73 Å². The first-order chi connectivity index (χ1) is 10.1. The van der Waals surface area contributed by atoms with Crippen LogP contribution in [0.1, 0.15) is 22.9 Å². The van der Waals surface area contributed by atoms with Crippen LogP contribution >= 0.6 is 0 Å². The second-order valence-electron chi connectivity index (χ2n) is 5.03. The molecule has 0 aliphatic carbocycles. The Morgan fingerprint density at radius 2 is 2.05 bits per heavy atom. The summed E-state index contributed by atoms with van der Waals surface area (Å²) in [5, 5.41) is 0. The molecule has 1 aromatic carbocycles. The van der Waals surface area contributed by atoms with Gasteiger partial charge in [-0.3, -0.25) is 9.88 Å². The standard InChI is InChI=1S/C15H14F3N3/c16-12-5-10-11(14(17)15(12)18)8-21(13(10)6-19)7-9-3-1-2-4-20-9/h1-5,13H,6-8,19H2. The number of rotatable bonds is 3. The molecule has 110 valence electrons. The first-order valence-electron chi connectivity index (χ1n) is 6.62. The zero-order chi connectivity index (χ0) is 15.0. The third-order valence-electron chi connectivity index (χ3n) is 3.77. The van der Waals surface area contributed by atoms with Crippen LogP contribution in [0.4, 0.5) is 13.2 Å². The Balaban J connectivity index is 1.94. The number of hydrogen-bond acceptors (Lipinski definition) is 3. The molecule has 0 amide bonds. The SMILES string of the molecule is NCC1c2cc(F)c(F)c(F)c2CN1Cc1ccccn1. The number of nitrogens with zero attached hydrogens (tertiary/aromatic N) is 2. The van der Waals surface area contributed by atoms with Gasteiger partial charge in [0.25, 0.3) is 0 Å². The van der Waals surface area contributed by atoms with Gasteiger partial charge in [0.15, 0.2) is 17.5 Å². The summed E-state index contributed by atoms with van der Waals surface area (Å²) < 4.78 is 40.7. The fraction of sp³-hybridized carbons (Fsp3) is 0.267. The molecule has 2 N–H and O–H groups in total. The van der Waals surface area contributed by atoms with Crippen molar-refractivity contribution in [3.05, 3.63) is 64.7 Å². The van der Waals surface area contributed by atoms with Crippen molar-refractivity contribution in [1.82, 2.24) is 9.88 Å². The van der Waals surface area contributed by atoms with Gasteiger partial charge < -0.3 is 5.73 Å². The summed E-state index contributed by atoms with van der Waals surface area (Å²) in [5.74, 6) is -3.72. The minimum atomic E-state index is -1.43. The van der Waals surface area contributed by atoms with Crippen molar-refractivity contribution in [1.29, 1.82) is 0 Å². The molecule has 1 unspecified atom stereocenters. The molecule has 1 aromatic heterocycles. The Kier molecular flexibility index (Phi) is 3.65. The maximum absolute atomic E-state index is 13.9. The number of hydrogen-bond donors (Lipinski definition) is 1. The van der Waals surface area contributed by atoms with E-state index in [2.05, 4.69) is 4.98 Å². The molecule has 2 aromatic rings. The summed E-state index contributed by atoms with van der Waals surface area (Å²) in [6.45, 7) is 0.835. The van der Waals surface area contributed by atoms with Crippen molar-refractivity contribution in [2.24, 2.45) is 5.73 Å². The molecular formula is C15H14F3N3. The highest BCUT2D eigenvalue weighted by Crippen LogP contribution is 2.37. The van der Waals surface area contributed by atoms with Crippen LogP contribution in [-0.4, -0.2) is 16.4 Å². The van der Waals surface area contributed by atoms with Gasteiger partial charge in [-0.05, 0) is 23.8 Å². The van der Waals surface area contributed by atoms with Crippen molar-refractivity contribution in [2.75, 3.05) is 6.54 Å². The lowest BCUT2D eigenvalue weighted by Gasteiger charge is -2.23. The van der Waals surface area contributed by atoms with Crippen molar-refractivity contribution in [2.45, 2.75) is 19.1 Å². The number of pyridine rings is 1. The summed E-state index contributed by atoms with van der Waals surface area (Å²) >= 11 is 0. The average Bonchev–Trinajstić information content (AvgIpc) is 2.83. The predicted octanol–water partition coefficient (Wildman–Crippen LogP) is 2.51. The van der Waals surface area contributed by atoms with Crippen molar-refractivity contribution < 1.29 is 13.2 Å². The second-order valence-corrected chi connectivity index (χ2v) is 5.03. The molecule has 1 atom stereocenters. The van der Waals surface area contributed by atoms with Crippen molar-refractivity contribution in [3.8, 4) is 0 Å². The third-order valence-corrected chi connectivity index (χ3v) is 3.77. The van der Waals surface area contributed by atoms with Crippen LogP contribution in [0.2, 0.25) is 0 Å². The van der Waals surface area contributed by atoms with Crippen LogP contribution in [0.3, 0.4) is 0 Å². The van der Waals surface area contributed by atoms with E-state index in [9.17, 15) is 13.2 Å². The highest BCUT2D eigenvalue weighted by molar-refractivity contribution is 5.37. The smallest absolute Gasteiger partial charge is 0.194 e. The zero-order valence-electron chi connectivity index (χ0n) is 11.2. The molecule has 0 spiro atoms. The van der Waals surface area contributed by atoms with Gasteiger partial charge in [0.2, 0.25) is 0 Å². The van der Waals surface area contributed by atoms with Crippen LogP contribution in [-0.2, 0) is 13.1 Å². The number of halogens is 3. The van der Waals surface area contributed by atoms with Crippen LogP contribution in [0.15, 0.2) is 30.5 Å². The Morgan fingerprint density at radius 3 is 2.71 bits per heavy atom. The zero-order valence-corrected chi connectivity index (χ0v) is 11.2. The molecular weight excluding hydrogens is 279 g/mol. The molecule has 21 heavy (non-hydrogen) atoms. The number of aromatic nitrogens is 1. The molecule has 6 heteroatoms. The molecule has 2 heterocycles. The third kappa shape index (κ3) is 2.41. The maximum atomic E-state index is 13.9. The number of nitrogens with two attached hydrogens (primary N) is 1. The van der Waals surface area contributed by atoms with Crippen LogP contribution in [0.5, 0.6) is 0 Å². The van der Waals surface area contributed by atoms with Gasteiger partial charge in [-0.25, -0.2) is 13.2 Å². The molecule has 0 saturated heterocycles. The van der Waals surface area contributed by atoms with Crippen LogP contribution in [0, 0.1) is 17.5 Å². The normalized spacial score (nSPS) is 18.0. The summed E-state index contributed by atoms with van der Waals surface area (Å²) in [4.78, 5) is 6.08. The van der Waals surface area contributed by atoms with Gasteiger partial charge in [-0.1, -0.05) is 6.07 Å². The van der Waals surface area contributed by atoms with Crippen molar-refractivity contribution in [3.63, 3.8) is 0 Å². The quantitative estimate of drug-likeness (QED) is 0.884.